The molecule has 0 spiro atoms. The third kappa shape index (κ3) is 1.47. The lowest BCUT2D eigenvalue weighted by Crippen LogP contribution is -2.30. The first-order chi connectivity index (χ1) is 4.74. The van der Waals surface area contributed by atoms with Crippen molar-refractivity contribution in [2.45, 2.75) is 0 Å². The van der Waals surface area contributed by atoms with Gasteiger partial charge in [-0.1, -0.05) is 0 Å². The molecular formula is C4H7BN2O2S. The van der Waals surface area contributed by atoms with Gasteiger partial charge in [0.15, 0.2) is 5.13 Å². The van der Waals surface area contributed by atoms with E-state index in [9.17, 15) is 0 Å². The number of aromatic nitrogens is 1. The molecule has 0 bridgehead atoms. The van der Waals surface area contributed by atoms with E-state index >= 15 is 0 Å². The van der Waals surface area contributed by atoms with Crippen molar-refractivity contribution in [3.63, 3.8) is 0 Å². The van der Waals surface area contributed by atoms with Crippen molar-refractivity contribution in [1.82, 2.24) is 4.98 Å². The Morgan fingerprint density at radius 3 is 2.70 bits per heavy atom. The van der Waals surface area contributed by atoms with Crippen LogP contribution in [0.5, 0.6) is 0 Å². The highest BCUT2D eigenvalue weighted by Crippen LogP contribution is 2.07. The van der Waals surface area contributed by atoms with Crippen LogP contribution in [0.4, 0.5) is 5.13 Å². The number of thiazole rings is 1. The van der Waals surface area contributed by atoms with Gasteiger partial charge in [-0.05, 0) is 0 Å². The zero-order valence-electron chi connectivity index (χ0n) is 5.40. The van der Waals surface area contributed by atoms with Gasteiger partial charge in [-0.3, -0.25) is 0 Å². The maximum Gasteiger partial charge on any atom is 0.509 e. The standard InChI is InChI=1S/C4H7BN2O2S/c1-6-4-7-3(2-10-4)5(8)9/h2,8-9H,1H3,(H,6,7). The van der Waals surface area contributed by atoms with Crippen molar-refractivity contribution in [2.24, 2.45) is 0 Å². The second kappa shape index (κ2) is 3.00. The molecule has 1 heterocycles. The molecule has 1 rings (SSSR count). The summed E-state index contributed by atoms with van der Waals surface area (Å²) in [7, 11) is 0.269. The molecule has 6 heteroatoms. The summed E-state index contributed by atoms with van der Waals surface area (Å²) >= 11 is 1.34. The molecule has 0 fully saturated rings. The van der Waals surface area contributed by atoms with E-state index < -0.39 is 7.12 Å². The minimum Gasteiger partial charge on any atom is -0.422 e. The molecular weight excluding hydrogens is 151 g/mol. The molecule has 0 aliphatic heterocycles. The summed E-state index contributed by atoms with van der Waals surface area (Å²) in [6.45, 7) is 0. The van der Waals surface area contributed by atoms with Gasteiger partial charge in [-0.2, -0.15) is 0 Å². The third-order valence-electron chi connectivity index (χ3n) is 1.00. The molecule has 0 aliphatic rings. The van der Waals surface area contributed by atoms with Gasteiger partial charge in [0.2, 0.25) is 0 Å². The summed E-state index contributed by atoms with van der Waals surface area (Å²) in [6.07, 6.45) is 0. The molecule has 0 atom stereocenters. The summed E-state index contributed by atoms with van der Waals surface area (Å²) < 4.78 is 0. The number of hydrogen-bond donors (Lipinski definition) is 3. The van der Waals surface area contributed by atoms with Crippen LogP contribution >= 0.6 is 11.3 Å². The zero-order valence-corrected chi connectivity index (χ0v) is 6.22. The van der Waals surface area contributed by atoms with Gasteiger partial charge in [-0.25, -0.2) is 4.98 Å². The first-order valence-electron chi connectivity index (χ1n) is 2.73. The van der Waals surface area contributed by atoms with Gasteiger partial charge in [0.05, 0.1) is 5.59 Å². The number of nitrogens with one attached hydrogen (secondary N) is 1. The van der Waals surface area contributed by atoms with E-state index in [1.165, 1.54) is 11.3 Å². The largest absolute Gasteiger partial charge is 0.509 e. The second-order valence-corrected chi connectivity index (χ2v) is 2.56. The lowest BCUT2D eigenvalue weighted by Gasteiger charge is -1.89. The average molecular weight is 158 g/mol. The average Bonchev–Trinajstić information content (AvgIpc) is 2.34. The lowest BCUT2D eigenvalue weighted by molar-refractivity contribution is 0.424. The van der Waals surface area contributed by atoms with Gasteiger partial charge in [0, 0.05) is 12.4 Å². The van der Waals surface area contributed by atoms with E-state index in [-0.39, 0.29) is 5.59 Å². The molecule has 1 aromatic heterocycles. The Kier molecular flexibility index (Phi) is 2.26. The van der Waals surface area contributed by atoms with Crippen LogP contribution in [0.3, 0.4) is 0 Å². The van der Waals surface area contributed by atoms with Gasteiger partial charge >= 0.3 is 7.12 Å². The highest BCUT2D eigenvalue weighted by atomic mass is 32.1. The van der Waals surface area contributed by atoms with Crippen LogP contribution in [-0.2, 0) is 0 Å². The van der Waals surface area contributed by atoms with Crippen molar-refractivity contribution in [3.05, 3.63) is 5.38 Å². The smallest absolute Gasteiger partial charge is 0.422 e. The maximum absolute atomic E-state index is 8.60. The Morgan fingerprint density at radius 2 is 2.40 bits per heavy atom. The predicted octanol–water partition coefficient (Wildman–Crippen LogP) is -1.14. The minimum atomic E-state index is -1.46. The normalized spacial score (nSPS) is 9.50. The molecule has 4 nitrogen and oxygen atoms in total. The highest BCUT2D eigenvalue weighted by Gasteiger charge is 2.14. The van der Waals surface area contributed by atoms with E-state index in [1.54, 1.807) is 12.4 Å². The number of hydrogen-bond acceptors (Lipinski definition) is 5. The fourth-order valence-electron chi connectivity index (χ4n) is 0.520. The van der Waals surface area contributed by atoms with E-state index in [0.717, 1.165) is 0 Å². The van der Waals surface area contributed by atoms with Gasteiger partial charge < -0.3 is 15.4 Å². The summed E-state index contributed by atoms with van der Waals surface area (Å²) in [5, 5.41) is 22.3. The van der Waals surface area contributed by atoms with Crippen molar-refractivity contribution in [2.75, 3.05) is 12.4 Å². The van der Waals surface area contributed by atoms with E-state index in [1.807, 2.05) is 0 Å². The highest BCUT2D eigenvalue weighted by molar-refractivity contribution is 7.14. The number of anilines is 1. The van der Waals surface area contributed by atoms with Crippen LogP contribution in [0.2, 0.25) is 0 Å². The Morgan fingerprint density at radius 1 is 1.70 bits per heavy atom. The van der Waals surface area contributed by atoms with Crippen LogP contribution in [0.25, 0.3) is 0 Å². The zero-order chi connectivity index (χ0) is 7.56. The SMILES string of the molecule is CNc1nc(B(O)O)cs1. The second-order valence-electron chi connectivity index (χ2n) is 1.70. The third-order valence-corrected chi connectivity index (χ3v) is 1.88. The summed E-state index contributed by atoms with van der Waals surface area (Å²) in [5.74, 6) is 0. The van der Waals surface area contributed by atoms with Gasteiger partial charge in [0.25, 0.3) is 0 Å². The van der Waals surface area contributed by atoms with Crippen LogP contribution < -0.4 is 10.9 Å². The van der Waals surface area contributed by atoms with Crippen molar-refractivity contribution < 1.29 is 10.0 Å². The van der Waals surface area contributed by atoms with Crippen LogP contribution in [0, 0.1) is 0 Å². The van der Waals surface area contributed by atoms with Crippen molar-refractivity contribution >= 4 is 29.2 Å². The first kappa shape index (κ1) is 7.52. The molecule has 0 unspecified atom stereocenters. The van der Waals surface area contributed by atoms with Gasteiger partial charge in [0.1, 0.15) is 0 Å². The molecule has 0 amide bonds. The Hall–Kier alpha value is -0.585. The quantitative estimate of drug-likeness (QED) is 0.476. The summed E-state index contributed by atoms with van der Waals surface area (Å²) in [5.41, 5.74) is 0.286. The summed E-state index contributed by atoms with van der Waals surface area (Å²) in [6, 6.07) is 0. The van der Waals surface area contributed by atoms with E-state index in [2.05, 4.69) is 10.3 Å². The van der Waals surface area contributed by atoms with Crippen molar-refractivity contribution in [1.29, 1.82) is 0 Å². The summed E-state index contributed by atoms with van der Waals surface area (Å²) in [4.78, 5) is 3.84. The molecule has 54 valence electrons. The minimum absolute atomic E-state index is 0.286. The molecule has 3 N–H and O–H groups in total. The molecule has 0 saturated carbocycles. The fraction of sp³-hybridized carbons (Fsp3) is 0.250. The Labute approximate surface area is 62.7 Å². The Balaban J connectivity index is 2.78. The number of rotatable bonds is 2. The molecule has 0 aromatic carbocycles. The molecule has 0 aliphatic carbocycles. The topological polar surface area (TPSA) is 65.4 Å². The lowest BCUT2D eigenvalue weighted by atomic mass is 9.88. The van der Waals surface area contributed by atoms with Crippen LogP contribution in [0.1, 0.15) is 0 Å². The fourth-order valence-corrected chi connectivity index (χ4v) is 1.20. The molecule has 10 heavy (non-hydrogen) atoms. The molecule has 0 radical (unpaired) electrons. The van der Waals surface area contributed by atoms with Crippen molar-refractivity contribution in [3.8, 4) is 0 Å². The maximum atomic E-state index is 8.60. The number of nitrogens with zero attached hydrogens (tertiary/aromatic N) is 1. The molecule has 1 aromatic rings. The van der Waals surface area contributed by atoms with Crippen LogP contribution in [-0.4, -0.2) is 29.2 Å². The predicted molar refractivity (Wildman–Crippen MR) is 41.5 cm³/mol. The van der Waals surface area contributed by atoms with Gasteiger partial charge in [-0.15, -0.1) is 11.3 Å². The monoisotopic (exact) mass is 158 g/mol. The first-order valence-corrected chi connectivity index (χ1v) is 3.61. The van der Waals surface area contributed by atoms with E-state index in [4.69, 9.17) is 10.0 Å². The Bertz CT molecular complexity index is 215. The molecule has 0 saturated heterocycles. The van der Waals surface area contributed by atoms with Crippen LogP contribution in [0.15, 0.2) is 5.38 Å². The van der Waals surface area contributed by atoms with E-state index in [0.29, 0.717) is 5.13 Å².